The van der Waals surface area contributed by atoms with E-state index in [0.717, 1.165) is 11.1 Å². The minimum absolute atomic E-state index is 0.0133. The predicted molar refractivity (Wildman–Crippen MR) is 122 cm³/mol. The number of nitrogen functional groups attached to an aromatic ring is 1. The van der Waals surface area contributed by atoms with Crippen molar-refractivity contribution in [1.82, 2.24) is 19.7 Å². The van der Waals surface area contributed by atoms with E-state index in [0.29, 0.717) is 19.4 Å². The minimum Gasteiger partial charge on any atom is -0.462 e. The van der Waals surface area contributed by atoms with Crippen molar-refractivity contribution in [2.45, 2.75) is 32.2 Å². The van der Waals surface area contributed by atoms with Crippen LogP contribution in [0, 0.1) is 0 Å². The number of nitrogens with two attached hydrogens (primary N) is 3. The molecule has 0 bridgehead atoms. The molecule has 3 aromatic heterocycles. The van der Waals surface area contributed by atoms with Gasteiger partial charge in [0.05, 0.1) is 23.6 Å². The number of esters is 1. The molecule has 12 heteroatoms. The molecule has 33 heavy (non-hydrogen) atoms. The fourth-order valence-electron chi connectivity index (χ4n) is 3.14. The van der Waals surface area contributed by atoms with Crippen molar-refractivity contribution >= 4 is 40.5 Å². The molecule has 0 saturated carbocycles. The SMILES string of the molecule is CCOC(=O)c1cc2c(NC(=O)c3cccnc3)nn(C(=O)C(N)CCCCN)c2nc1N. The van der Waals surface area contributed by atoms with E-state index in [1.54, 1.807) is 19.1 Å². The van der Waals surface area contributed by atoms with Crippen LogP contribution in [0.1, 0.15) is 51.7 Å². The number of carbonyl (C=O) groups is 3. The highest BCUT2D eigenvalue weighted by atomic mass is 16.5. The van der Waals surface area contributed by atoms with Crippen LogP contribution in [-0.4, -0.2) is 56.7 Å². The predicted octanol–water partition coefficient (Wildman–Crippen LogP) is 0.934. The number of nitrogens with zero attached hydrogens (tertiary/aromatic N) is 4. The largest absolute Gasteiger partial charge is 0.462 e. The van der Waals surface area contributed by atoms with Gasteiger partial charge in [0.15, 0.2) is 11.5 Å². The Morgan fingerprint density at radius 2 is 2.06 bits per heavy atom. The van der Waals surface area contributed by atoms with Gasteiger partial charge in [0.2, 0.25) is 0 Å². The molecule has 7 N–H and O–H groups in total. The summed E-state index contributed by atoms with van der Waals surface area (Å²) in [6.07, 6.45) is 4.69. The minimum atomic E-state index is -0.866. The van der Waals surface area contributed by atoms with Gasteiger partial charge in [0.1, 0.15) is 11.4 Å². The lowest BCUT2D eigenvalue weighted by molar-refractivity contribution is 0.0527. The monoisotopic (exact) mass is 454 g/mol. The second kappa shape index (κ2) is 10.6. The zero-order valence-corrected chi connectivity index (χ0v) is 18.2. The molecule has 3 heterocycles. The highest BCUT2D eigenvalue weighted by molar-refractivity contribution is 6.10. The molecule has 0 aliphatic rings. The third kappa shape index (κ3) is 5.30. The van der Waals surface area contributed by atoms with Crippen LogP contribution in [-0.2, 0) is 4.74 Å². The number of fused-ring (bicyclic) bond motifs is 1. The van der Waals surface area contributed by atoms with E-state index < -0.39 is 23.8 Å². The van der Waals surface area contributed by atoms with Crippen molar-refractivity contribution in [3.8, 4) is 0 Å². The molecule has 0 saturated heterocycles. The zero-order valence-electron chi connectivity index (χ0n) is 18.2. The number of ether oxygens (including phenoxy) is 1. The molecule has 1 unspecified atom stereocenters. The smallest absolute Gasteiger partial charge is 0.341 e. The topological polar surface area (TPSA) is 194 Å². The number of unbranched alkanes of at least 4 members (excludes halogenated alkanes) is 1. The molecule has 174 valence electrons. The first-order chi connectivity index (χ1) is 15.9. The summed E-state index contributed by atoms with van der Waals surface area (Å²) in [6, 6.07) is 3.69. The van der Waals surface area contributed by atoms with Crippen molar-refractivity contribution < 1.29 is 19.1 Å². The van der Waals surface area contributed by atoms with Gasteiger partial charge in [-0.2, -0.15) is 4.68 Å². The highest BCUT2D eigenvalue weighted by Crippen LogP contribution is 2.27. The standard InChI is InChI=1S/C21H26N8O4/c1-2-33-21(32)13-10-14-17(27-19(30)12-6-5-9-25-11-12)28-29(18(14)26-16(13)24)20(31)15(23)7-3-4-8-22/h5-6,9-11,15H,2-4,7-8,22-23H2,1H3,(H2,24,26)(H,27,28,30). The first-order valence-corrected chi connectivity index (χ1v) is 10.4. The molecule has 0 aromatic carbocycles. The summed E-state index contributed by atoms with van der Waals surface area (Å²) < 4.78 is 6.01. The van der Waals surface area contributed by atoms with Crippen LogP contribution in [0.15, 0.2) is 30.6 Å². The van der Waals surface area contributed by atoms with Crippen molar-refractivity contribution in [3.05, 3.63) is 41.7 Å². The van der Waals surface area contributed by atoms with Crippen LogP contribution in [0.2, 0.25) is 0 Å². The first kappa shape index (κ1) is 23.8. The van der Waals surface area contributed by atoms with Crippen molar-refractivity contribution in [1.29, 1.82) is 0 Å². The van der Waals surface area contributed by atoms with E-state index in [2.05, 4.69) is 20.4 Å². The number of aromatic nitrogens is 4. The number of anilines is 2. The molecule has 12 nitrogen and oxygen atoms in total. The lowest BCUT2D eigenvalue weighted by atomic mass is 10.1. The molecule has 0 aliphatic heterocycles. The molecule has 1 atom stereocenters. The lowest BCUT2D eigenvalue weighted by Crippen LogP contribution is -2.35. The number of hydrogen-bond acceptors (Lipinski definition) is 10. The average molecular weight is 454 g/mol. The van der Waals surface area contributed by atoms with Crippen LogP contribution in [0.4, 0.5) is 11.6 Å². The van der Waals surface area contributed by atoms with Gasteiger partial charge in [-0.3, -0.25) is 14.6 Å². The molecule has 0 spiro atoms. The average Bonchev–Trinajstić information content (AvgIpc) is 3.15. The maximum Gasteiger partial charge on any atom is 0.341 e. The summed E-state index contributed by atoms with van der Waals surface area (Å²) in [4.78, 5) is 46.1. The number of pyridine rings is 2. The quantitative estimate of drug-likeness (QED) is 0.267. The Morgan fingerprint density at radius 1 is 1.27 bits per heavy atom. The van der Waals surface area contributed by atoms with Gasteiger partial charge in [-0.1, -0.05) is 6.42 Å². The van der Waals surface area contributed by atoms with Crippen LogP contribution < -0.4 is 22.5 Å². The Hall–Kier alpha value is -3.90. The molecule has 0 aliphatic carbocycles. The van der Waals surface area contributed by atoms with Crippen LogP contribution >= 0.6 is 0 Å². The third-order valence-corrected chi connectivity index (χ3v) is 4.83. The number of hydrogen-bond donors (Lipinski definition) is 4. The summed E-state index contributed by atoms with van der Waals surface area (Å²) >= 11 is 0. The summed E-state index contributed by atoms with van der Waals surface area (Å²) in [7, 11) is 0. The number of carbonyl (C=O) groups excluding carboxylic acids is 3. The van der Waals surface area contributed by atoms with Gasteiger partial charge in [-0.25, -0.2) is 9.78 Å². The molecule has 0 radical (unpaired) electrons. The molecular formula is C21H26N8O4. The number of nitrogens with one attached hydrogen (secondary N) is 1. The molecule has 3 aromatic rings. The molecule has 3 rings (SSSR count). The lowest BCUT2D eigenvalue weighted by Gasteiger charge is -2.10. The van der Waals surface area contributed by atoms with Gasteiger partial charge in [-0.05, 0) is 44.5 Å². The Bertz CT molecular complexity index is 1160. The molecule has 1 amide bonds. The van der Waals surface area contributed by atoms with E-state index in [9.17, 15) is 14.4 Å². The molecular weight excluding hydrogens is 428 g/mol. The van der Waals surface area contributed by atoms with Crippen LogP contribution in [0.5, 0.6) is 0 Å². The Balaban J connectivity index is 2.05. The number of amides is 1. The van der Waals surface area contributed by atoms with Gasteiger partial charge in [-0.15, -0.1) is 5.10 Å². The van der Waals surface area contributed by atoms with Crippen molar-refractivity contribution in [2.75, 3.05) is 24.2 Å². The van der Waals surface area contributed by atoms with Crippen molar-refractivity contribution in [2.24, 2.45) is 11.5 Å². The number of rotatable bonds is 9. The maximum atomic E-state index is 13.0. The van der Waals surface area contributed by atoms with Gasteiger partial charge in [0, 0.05) is 12.4 Å². The summed E-state index contributed by atoms with van der Waals surface area (Å²) in [6.45, 7) is 2.28. The Kier molecular flexibility index (Phi) is 7.64. The maximum absolute atomic E-state index is 13.0. The van der Waals surface area contributed by atoms with E-state index in [4.69, 9.17) is 21.9 Å². The second-order valence-corrected chi connectivity index (χ2v) is 7.20. The Morgan fingerprint density at radius 3 is 2.73 bits per heavy atom. The normalized spacial score (nSPS) is 11.8. The third-order valence-electron chi connectivity index (χ3n) is 4.83. The van der Waals surface area contributed by atoms with Gasteiger partial charge in [0.25, 0.3) is 11.8 Å². The fraction of sp³-hybridized carbons (Fsp3) is 0.333. The summed E-state index contributed by atoms with van der Waals surface area (Å²) in [5, 5.41) is 7.09. The van der Waals surface area contributed by atoms with Gasteiger partial charge >= 0.3 is 5.97 Å². The second-order valence-electron chi connectivity index (χ2n) is 7.20. The van der Waals surface area contributed by atoms with E-state index in [1.165, 1.54) is 18.5 Å². The fourth-order valence-corrected chi connectivity index (χ4v) is 3.14. The van der Waals surface area contributed by atoms with E-state index in [-0.39, 0.29) is 40.4 Å². The summed E-state index contributed by atoms with van der Waals surface area (Å²) in [5.74, 6) is -1.86. The van der Waals surface area contributed by atoms with Crippen LogP contribution in [0.3, 0.4) is 0 Å². The van der Waals surface area contributed by atoms with E-state index in [1.807, 2.05) is 0 Å². The summed E-state index contributed by atoms with van der Waals surface area (Å²) in [5.41, 5.74) is 17.8. The van der Waals surface area contributed by atoms with E-state index >= 15 is 0 Å². The van der Waals surface area contributed by atoms with Crippen LogP contribution in [0.25, 0.3) is 11.0 Å². The van der Waals surface area contributed by atoms with Crippen molar-refractivity contribution in [3.63, 3.8) is 0 Å². The molecule has 0 fully saturated rings. The highest BCUT2D eigenvalue weighted by Gasteiger charge is 2.25. The first-order valence-electron chi connectivity index (χ1n) is 10.4. The van der Waals surface area contributed by atoms with Gasteiger partial charge < -0.3 is 27.3 Å². The Labute approximate surface area is 189 Å². The zero-order chi connectivity index (χ0) is 24.0.